The summed E-state index contributed by atoms with van der Waals surface area (Å²) in [4.78, 5) is 34.9. The smallest absolute Gasteiger partial charge is 0.344 e. The molecule has 2 N–H and O–H groups in total. The minimum absolute atomic E-state index is 0.234. The number of fused-ring (bicyclic) bond motifs is 1. The molecule has 5 aromatic rings. The Bertz CT molecular complexity index is 1700. The van der Waals surface area contributed by atoms with Crippen molar-refractivity contribution in [2.24, 2.45) is 0 Å². The number of alkyl halides is 3. The van der Waals surface area contributed by atoms with E-state index in [9.17, 15) is 22.8 Å². The normalized spacial score (nSPS) is 12.1. The van der Waals surface area contributed by atoms with Gasteiger partial charge in [-0.25, -0.2) is 0 Å². The highest BCUT2D eigenvalue weighted by Crippen LogP contribution is 2.32. The highest BCUT2D eigenvalue weighted by Gasteiger charge is 2.30. The van der Waals surface area contributed by atoms with Crippen LogP contribution in [0.5, 0.6) is 0 Å². The van der Waals surface area contributed by atoms with Crippen LogP contribution in [0, 0.1) is 0 Å². The molecule has 0 aliphatic carbocycles. The van der Waals surface area contributed by atoms with Gasteiger partial charge in [-0.15, -0.1) is 0 Å². The number of carbonyl (C=O) groups is 2. The third-order valence-electron chi connectivity index (χ3n) is 6.66. The van der Waals surface area contributed by atoms with Crippen LogP contribution in [0.4, 0.5) is 18.9 Å². The van der Waals surface area contributed by atoms with Gasteiger partial charge in [-0.2, -0.15) is 13.2 Å². The first-order chi connectivity index (χ1) is 19.7. The number of hydrogen-bond donors (Lipinski definition) is 2. The Kier molecular flexibility index (Phi) is 7.78. The summed E-state index contributed by atoms with van der Waals surface area (Å²) in [6.45, 7) is 1.97. The van der Waals surface area contributed by atoms with Gasteiger partial charge in [0.25, 0.3) is 11.8 Å². The van der Waals surface area contributed by atoms with Gasteiger partial charge in [-0.05, 0) is 66.1 Å². The number of nitrogens with one attached hydrogen (secondary N) is 2. The fourth-order valence-electron chi connectivity index (χ4n) is 4.50. The van der Waals surface area contributed by atoms with E-state index in [1.165, 1.54) is 18.3 Å². The van der Waals surface area contributed by atoms with Crippen LogP contribution in [0.1, 0.15) is 51.4 Å². The zero-order valence-corrected chi connectivity index (χ0v) is 21.9. The fourth-order valence-corrected chi connectivity index (χ4v) is 4.50. The maximum atomic E-state index is 13.2. The van der Waals surface area contributed by atoms with Gasteiger partial charge in [0, 0.05) is 29.0 Å². The number of pyridine rings is 2. The molecule has 0 bridgehead atoms. The van der Waals surface area contributed by atoms with E-state index in [0.717, 1.165) is 17.8 Å². The first kappa shape index (κ1) is 27.5. The first-order valence-electron chi connectivity index (χ1n) is 12.9. The molecule has 0 saturated heterocycles. The fraction of sp³-hybridized carbons (Fsp3) is 0.125. The van der Waals surface area contributed by atoms with Crippen molar-refractivity contribution < 1.29 is 22.8 Å². The Hall–Kier alpha value is -5.05. The third-order valence-corrected chi connectivity index (χ3v) is 6.66. The lowest BCUT2D eigenvalue weighted by atomic mass is 9.98. The summed E-state index contributed by atoms with van der Waals surface area (Å²) < 4.78 is 38.9. The molecular formula is C32H25F3N4O2. The lowest BCUT2D eigenvalue weighted by Crippen LogP contribution is -2.28. The van der Waals surface area contributed by atoms with Crippen molar-refractivity contribution in [2.75, 3.05) is 5.32 Å². The molecule has 5 rings (SSSR count). The molecule has 9 heteroatoms. The van der Waals surface area contributed by atoms with Crippen molar-refractivity contribution in [2.45, 2.75) is 25.6 Å². The number of rotatable bonds is 7. The van der Waals surface area contributed by atoms with E-state index in [2.05, 4.69) is 20.6 Å². The molecule has 0 spiro atoms. The molecule has 206 valence electrons. The second-order valence-electron chi connectivity index (χ2n) is 9.40. The van der Waals surface area contributed by atoms with Gasteiger partial charge in [0.05, 0.1) is 28.4 Å². The maximum absolute atomic E-state index is 13.2. The van der Waals surface area contributed by atoms with E-state index in [1.54, 1.807) is 54.7 Å². The molecule has 2 amide bonds. The number of hydrogen-bond acceptors (Lipinski definition) is 4. The summed E-state index contributed by atoms with van der Waals surface area (Å²) in [5.41, 5.74) is 2.78. The average Bonchev–Trinajstić information content (AvgIpc) is 2.99. The number of halogens is 3. The van der Waals surface area contributed by atoms with E-state index in [0.29, 0.717) is 45.3 Å². The summed E-state index contributed by atoms with van der Waals surface area (Å²) in [5, 5.41) is 6.55. The van der Waals surface area contributed by atoms with Crippen molar-refractivity contribution in [3.8, 4) is 11.1 Å². The molecule has 1 atom stereocenters. The summed E-state index contributed by atoms with van der Waals surface area (Å²) in [7, 11) is 0. The van der Waals surface area contributed by atoms with E-state index >= 15 is 0 Å². The molecule has 2 heterocycles. The van der Waals surface area contributed by atoms with Gasteiger partial charge in [0.1, 0.15) is 0 Å². The molecule has 3 aromatic carbocycles. The van der Waals surface area contributed by atoms with E-state index in [-0.39, 0.29) is 11.9 Å². The van der Waals surface area contributed by atoms with Crippen LogP contribution in [-0.2, 0) is 6.18 Å². The monoisotopic (exact) mass is 554 g/mol. The van der Waals surface area contributed by atoms with Crippen LogP contribution in [0.2, 0.25) is 0 Å². The van der Waals surface area contributed by atoms with Crippen LogP contribution in [0.3, 0.4) is 0 Å². The minimum atomic E-state index is -4.44. The molecule has 0 saturated carbocycles. The lowest BCUT2D eigenvalue weighted by molar-refractivity contribution is -0.137. The van der Waals surface area contributed by atoms with Crippen molar-refractivity contribution in [1.82, 2.24) is 15.3 Å². The van der Waals surface area contributed by atoms with Gasteiger partial charge in [-0.1, -0.05) is 49.4 Å². The van der Waals surface area contributed by atoms with E-state index in [1.807, 2.05) is 25.1 Å². The van der Waals surface area contributed by atoms with Crippen molar-refractivity contribution in [3.05, 3.63) is 126 Å². The van der Waals surface area contributed by atoms with Crippen LogP contribution >= 0.6 is 0 Å². The van der Waals surface area contributed by atoms with Gasteiger partial charge in [0.2, 0.25) is 0 Å². The third kappa shape index (κ3) is 6.24. The van der Waals surface area contributed by atoms with Gasteiger partial charge in [-0.3, -0.25) is 19.6 Å². The molecule has 0 fully saturated rings. The second-order valence-corrected chi connectivity index (χ2v) is 9.40. The standard InChI is InChI=1S/C32H25F3N4O2/c1-2-27(28-9-5-6-16-36-28)39-30(40)22-17-21-12-15-24(18-29(21)37-19-22)38-31(41)26-8-4-3-7-25(26)20-10-13-23(14-11-20)32(33,34)35/h3-19,27H,2H2,1H3,(H,38,41)(H,39,40). The highest BCUT2D eigenvalue weighted by molar-refractivity contribution is 6.09. The second kappa shape index (κ2) is 11.6. The maximum Gasteiger partial charge on any atom is 0.416 e. The summed E-state index contributed by atoms with van der Waals surface area (Å²) >= 11 is 0. The quantitative estimate of drug-likeness (QED) is 0.219. The average molecular weight is 555 g/mol. The van der Waals surface area contributed by atoms with E-state index in [4.69, 9.17) is 0 Å². The first-order valence-corrected chi connectivity index (χ1v) is 12.9. The van der Waals surface area contributed by atoms with Gasteiger partial charge in [0.15, 0.2) is 0 Å². The molecule has 2 aromatic heterocycles. The Morgan fingerprint density at radius 1 is 0.854 bits per heavy atom. The molecule has 41 heavy (non-hydrogen) atoms. The largest absolute Gasteiger partial charge is 0.416 e. The summed E-state index contributed by atoms with van der Waals surface area (Å²) in [6, 6.07) is 23.6. The number of benzene rings is 3. The molecule has 0 aliphatic heterocycles. The highest BCUT2D eigenvalue weighted by atomic mass is 19.4. The minimum Gasteiger partial charge on any atom is -0.344 e. The zero-order chi connectivity index (χ0) is 29.0. The summed E-state index contributed by atoms with van der Waals surface area (Å²) in [5.74, 6) is -0.690. The van der Waals surface area contributed by atoms with E-state index < -0.39 is 17.6 Å². The summed E-state index contributed by atoms with van der Waals surface area (Å²) in [6.07, 6.45) is -0.601. The lowest BCUT2D eigenvalue weighted by Gasteiger charge is -2.16. The predicted octanol–water partition coefficient (Wildman–Crippen LogP) is 7.45. The number of anilines is 1. The SMILES string of the molecule is CCC(NC(=O)c1cnc2cc(NC(=O)c3ccccc3-c3ccc(C(F)(F)F)cc3)ccc2c1)c1ccccn1. The number of aromatic nitrogens is 2. The van der Waals surface area contributed by atoms with Crippen LogP contribution in [-0.4, -0.2) is 21.8 Å². The molecule has 0 radical (unpaired) electrons. The van der Waals surface area contributed by atoms with Crippen LogP contribution < -0.4 is 10.6 Å². The van der Waals surface area contributed by atoms with Crippen molar-refractivity contribution in [3.63, 3.8) is 0 Å². The molecule has 1 unspecified atom stereocenters. The van der Waals surface area contributed by atoms with Crippen LogP contribution in [0.15, 0.2) is 103 Å². The topological polar surface area (TPSA) is 84.0 Å². The number of amides is 2. The van der Waals surface area contributed by atoms with Crippen molar-refractivity contribution >= 4 is 28.4 Å². The Morgan fingerprint density at radius 2 is 1.61 bits per heavy atom. The van der Waals surface area contributed by atoms with Crippen LogP contribution in [0.25, 0.3) is 22.0 Å². The molecule has 6 nitrogen and oxygen atoms in total. The van der Waals surface area contributed by atoms with Gasteiger partial charge < -0.3 is 10.6 Å². The predicted molar refractivity (Wildman–Crippen MR) is 151 cm³/mol. The Morgan fingerprint density at radius 3 is 2.32 bits per heavy atom. The number of nitrogens with zero attached hydrogens (tertiary/aromatic N) is 2. The Labute approximate surface area is 234 Å². The zero-order valence-electron chi connectivity index (χ0n) is 21.9. The molecular weight excluding hydrogens is 529 g/mol. The molecule has 0 aliphatic rings. The van der Waals surface area contributed by atoms with Crippen molar-refractivity contribution in [1.29, 1.82) is 0 Å². The van der Waals surface area contributed by atoms with Gasteiger partial charge >= 0.3 is 6.18 Å². The Balaban J connectivity index is 1.33. The number of carbonyl (C=O) groups excluding carboxylic acids is 2.